The first-order chi connectivity index (χ1) is 11.1. The van der Waals surface area contributed by atoms with Gasteiger partial charge in [0.1, 0.15) is 0 Å². The van der Waals surface area contributed by atoms with Crippen molar-refractivity contribution in [2.75, 3.05) is 5.32 Å². The zero-order valence-electron chi connectivity index (χ0n) is 13.3. The molecule has 0 aliphatic carbocycles. The maximum Gasteiger partial charge on any atom is 0.416 e. The molecule has 0 radical (unpaired) electrons. The smallest absolute Gasteiger partial charge is 0.302 e. The van der Waals surface area contributed by atoms with Crippen LogP contribution in [0.15, 0.2) is 18.2 Å². The molecular formula is C16H16ClF3N2OS. The van der Waals surface area contributed by atoms with Crippen LogP contribution < -0.4 is 5.32 Å². The molecule has 3 nitrogen and oxygen atoms in total. The Labute approximate surface area is 146 Å². The van der Waals surface area contributed by atoms with Gasteiger partial charge in [-0.1, -0.05) is 25.4 Å². The predicted molar refractivity (Wildman–Crippen MR) is 89.6 cm³/mol. The van der Waals surface area contributed by atoms with Crippen LogP contribution in [0.2, 0.25) is 5.02 Å². The molecular weight excluding hydrogens is 361 g/mol. The number of carbonyl (C=O) groups excluding carboxylic acids is 1. The van der Waals surface area contributed by atoms with E-state index in [9.17, 15) is 18.0 Å². The predicted octanol–water partition coefficient (Wildman–Crippen LogP) is 5.31. The Morgan fingerprint density at radius 2 is 2.04 bits per heavy atom. The Kier molecular flexibility index (Phi) is 5.55. The quantitative estimate of drug-likeness (QED) is 0.785. The first kappa shape index (κ1) is 18.7. The molecule has 0 aliphatic rings. The number of aromatic nitrogens is 1. The number of halogens is 4. The maximum absolute atomic E-state index is 12.8. The van der Waals surface area contributed by atoms with Gasteiger partial charge >= 0.3 is 6.18 Å². The van der Waals surface area contributed by atoms with E-state index >= 15 is 0 Å². The monoisotopic (exact) mass is 376 g/mol. The highest BCUT2D eigenvalue weighted by atomic mass is 35.5. The molecule has 0 atom stereocenters. The SMILES string of the molecule is Cc1nc(NC(=O)C(C)C)sc1Cc1cc(C(F)(F)F)ccc1Cl. The van der Waals surface area contributed by atoms with Gasteiger partial charge in [0, 0.05) is 22.2 Å². The van der Waals surface area contributed by atoms with E-state index in [0.717, 1.165) is 17.0 Å². The Morgan fingerprint density at radius 1 is 1.38 bits per heavy atom. The van der Waals surface area contributed by atoms with E-state index < -0.39 is 11.7 Å². The van der Waals surface area contributed by atoms with Crippen molar-refractivity contribution in [1.29, 1.82) is 0 Å². The maximum atomic E-state index is 12.8. The number of hydrogen-bond donors (Lipinski definition) is 1. The number of nitrogens with one attached hydrogen (secondary N) is 1. The van der Waals surface area contributed by atoms with Crippen molar-refractivity contribution in [3.8, 4) is 0 Å². The second-order valence-corrected chi connectivity index (χ2v) is 7.14. The molecule has 24 heavy (non-hydrogen) atoms. The van der Waals surface area contributed by atoms with Crippen molar-refractivity contribution in [1.82, 2.24) is 4.98 Å². The number of benzene rings is 1. The minimum Gasteiger partial charge on any atom is -0.302 e. The number of rotatable bonds is 4. The summed E-state index contributed by atoms with van der Waals surface area (Å²) in [5.74, 6) is -0.344. The Morgan fingerprint density at radius 3 is 2.62 bits per heavy atom. The first-order valence-corrected chi connectivity index (χ1v) is 8.40. The van der Waals surface area contributed by atoms with Gasteiger partial charge in [-0.25, -0.2) is 4.98 Å². The molecule has 130 valence electrons. The van der Waals surface area contributed by atoms with Crippen molar-refractivity contribution >= 4 is 34.0 Å². The molecule has 1 N–H and O–H groups in total. The summed E-state index contributed by atoms with van der Waals surface area (Å²) >= 11 is 7.27. The highest BCUT2D eigenvalue weighted by molar-refractivity contribution is 7.15. The lowest BCUT2D eigenvalue weighted by atomic mass is 10.1. The molecule has 0 unspecified atom stereocenters. The summed E-state index contributed by atoms with van der Waals surface area (Å²) in [5, 5.41) is 3.40. The van der Waals surface area contributed by atoms with Gasteiger partial charge in [0.15, 0.2) is 5.13 Å². The van der Waals surface area contributed by atoms with Crippen molar-refractivity contribution in [2.24, 2.45) is 5.92 Å². The fourth-order valence-electron chi connectivity index (χ4n) is 1.95. The molecule has 0 aliphatic heterocycles. The average molecular weight is 377 g/mol. The Bertz CT molecular complexity index is 756. The molecule has 0 saturated carbocycles. The number of hydrogen-bond acceptors (Lipinski definition) is 3. The number of aryl methyl sites for hydroxylation is 1. The molecule has 2 aromatic rings. The van der Waals surface area contributed by atoms with Gasteiger partial charge < -0.3 is 5.32 Å². The minimum absolute atomic E-state index is 0.160. The third kappa shape index (κ3) is 4.48. The minimum atomic E-state index is -4.42. The molecule has 1 aromatic carbocycles. The van der Waals surface area contributed by atoms with Crippen molar-refractivity contribution in [2.45, 2.75) is 33.4 Å². The topological polar surface area (TPSA) is 42.0 Å². The van der Waals surface area contributed by atoms with Crippen LogP contribution in [0.4, 0.5) is 18.3 Å². The van der Waals surface area contributed by atoms with Crippen LogP contribution in [0.3, 0.4) is 0 Å². The van der Waals surface area contributed by atoms with Crippen LogP contribution in [0.1, 0.15) is 35.5 Å². The van der Waals surface area contributed by atoms with Crippen molar-refractivity contribution in [3.63, 3.8) is 0 Å². The van der Waals surface area contributed by atoms with E-state index in [1.165, 1.54) is 17.4 Å². The van der Waals surface area contributed by atoms with E-state index in [1.807, 2.05) is 0 Å². The van der Waals surface area contributed by atoms with E-state index in [2.05, 4.69) is 10.3 Å². The Balaban J connectivity index is 2.26. The highest BCUT2D eigenvalue weighted by Gasteiger charge is 2.31. The number of alkyl halides is 3. The fourth-order valence-corrected chi connectivity index (χ4v) is 3.13. The molecule has 0 bridgehead atoms. The van der Waals surface area contributed by atoms with Gasteiger partial charge in [-0.2, -0.15) is 13.2 Å². The second kappa shape index (κ2) is 7.11. The summed E-state index contributed by atoms with van der Waals surface area (Å²) in [6.07, 6.45) is -4.19. The normalized spacial score (nSPS) is 11.8. The summed E-state index contributed by atoms with van der Waals surface area (Å²) in [4.78, 5) is 16.7. The third-order valence-corrected chi connectivity index (χ3v) is 4.81. The van der Waals surface area contributed by atoms with Crippen LogP contribution in [0.5, 0.6) is 0 Å². The van der Waals surface area contributed by atoms with Gasteiger partial charge in [0.25, 0.3) is 0 Å². The van der Waals surface area contributed by atoms with Crippen LogP contribution in [-0.2, 0) is 17.4 Å². The van der Waals surface area contributed by atoms with E-state index in [1.54, 1.807) is 20.8 Å². The van der Waals surface area contributed by atoms with Gasteiger partial charge in [-0.3, -0.25) is 4.79 Å². The van der Waals surface area contributed by atoms with Crippen LogP contribution in [0.25, 0.3) is 0 Å². The lowest BCUT2D eigenvalue weighted by molar-refractivity contribution is -0.137. The molecule has 2 rings (SSSR count). The first-order valence-electron chi connectivity index (χ1n) is 7.20. The molecule has 0 fully saturated rings. The molecule has 1 amide bonds. The van der Waals surface area contributed by atoms with Crippen LogP contribution in [0, 0.1) is 12.8 Å². The number of anilines is 1. The second-order valence-electron chi connectivity index (χ2n) is 5.65. The lowest BCUT2D eigenvalue weighted by Gasteiger charge is -2.10. The average Bonchev–Trinajstić information content (AvgIpc) is 2.79. The summed E-state index contributed by atoms with van der Waals surface area (Å²) in [6, 6.07) is 3.26. The lowest BCUT2D eigenvalue weighted by Crippen LogP contribution is -2.17. The van der Waals surface area contributed by atoms with Crippen molar-refractivity contribution in [3.05, 3.63) is 44.9 Å². The van der Waals surface area contributed by atoms with E-state index in [-0.39, 0.29) is 23.3 Å². The third-order valence-electron chi connectivity index (χ3n) is 3.37. The Hall–Kier alpha value is -1.60. The van der Waals surface area contributed by atoms with Gasteiger partial charge in [-0.15, -0.1) is 11.3 Å². The summed E-state index contributed by atoms with van der Waals surface area (Å²) < 4.78 is 38.5. The summed E-state index contributed by atoms with van der Waals surface area (Å²) in [5.41, 5.74) is 0.296. The standard InChI is InChI=1S/C16H16ClF3N2OS/c1-8(2)14(23)22-15-21-9(3)13(24-15)7-10-6-11(16(18,19)20)4-5-12(10)17/h4-6,8H,7H2,1-3H3,(H,21,22,23). The summed E-state index contributed by atoms with van der Waals surface area (Å²) in [7, 11) is 0. The van der Waals surface area contributed by atoms with Gasteiger partial charge in [0.2, 0.25) is 5.91 Å². The zero-order valence-corrected chi connectivity index (χ0v) is 14.9. The molecule has 8 heteroatoms. The van der Waals surface area contributed by atoms with Gasteiger partial charge in [0.05, 0.1) is 11.3 Å². The molecule has 0 spiro atoms. The number of nitrogens with zero attached hydrogens (tertiary/aromatic N) is 1. The summed E-state index contributed by atoms with van der Waals surface area (Å²) in [6.45, 7) is 5.27. The molecule has 1 heterocycles. The number of amides is 1. The molecule has 0 saturated heterocycles. The fraction of sp³-hybridized carbons (Fsp3) is 0.375. The van der Waals surface area contributed by atoms with Gasteiger partial charge in [-0.05, 0) is 30.7 Å². The van der Waals surface area contributed by atoms with E-state index in [0.29, 0.717) is 16.4 Å². The zero-order chi connectivity index (χ0) is 18.1. The number of carbonyl (C=O) groups is 1. The largest absolute Gasteiger partial charge is 0.416 e. The van der Waals surface area contributed by atoms with E-state index in [4.69, 9.17) is 11.6 Å². The van der Waals surface area contributed by atoms with Crippen LogP contribution >= 0.6 is 22.9 Å². The van der Waals surface area contributed by atoms with Crippen LogP contribution in [-0.4, -0.2) is 10.9 Å². The number of thiazole rings is 1. The van der Waals surface area contributed by atoms with Crippen molar-refractivity contribution < 1.29 is 18.0 Å². The highest BCUT2D eigenvalue weighted by Crippen LogP contribution is 2.34. The molecule has 1 aromatic heterocycles.